The Bertz CT molecular complexity index is 1710. The van der Waals surface area contributed by atoms with E-state index in [1.165, 1.54) is 20.3 Å². The molecule has 50 heavy (non-hydrogen) atoms. The molecule has 0 saturated heterocycles. The van der Waals surface area contributed by atoms with Crippen LogP contribution in [0.4, 0.5) is 0 Å². The van der Waals surface area contributed by atoms with Gasteiger partial charge in [-0.15, -0.1) is 0 Å². The summed E-state index contributed by atoms with van der Waals surface area (Å²) in [6.07, 6.45) is 3.69. The van der Waals surface area contributed by atoms with Gasteiger partial charge >= 0.3 is 0 Å². The average Bonchev–Trinajstić information content (AvgIpc) is 3.11. The molecule has 5 heteroatoms. The van der Waals surface area contributed by atoms with Crippen LogP contribution >= 0.6 is 22.6 Å². The summed E-state index contributed by atoms with van der Waals surface area (Å²) >= 11 is 2.37. The van der Waals surface area contributed by atoms with Gasteiger partial charge in [-0.3, -0.25) is 0 Å². The predicted molar refractivity (Wildman–Crippen MR) is 215 cm³/mol. The molecule has 0 unspecified atom stereocenters. The molecular weight excluding hydrogens is 731 g/mol. The molecule has 5 rings (SSSR count). The van der Waals surface area contributed by atoms with Gasteiger partial charge in [0, 0.05) is 9.49 Å². The molecule has 0 saturated carbocycles. The van der Waals surface area contributed by atoms with Crippen molar-refractivity contribution in [1.29, 1.82) is 0 Å². The normalized spacial score (nSPS) is 11.1. The van der Waals surface area contributed by atoms with Gasteiger partial charge in [-0.2, -0.15) is 0 Å². The maximum atomic E-state index is 6.28. The fourth-order valence-corrected chi connectivity index (χ4v) is 6.63. The summed E-state index contributed by atoms with van der Waals surface area (Å²) in [7, 11) is 0. The third kappa shape index (κ3) is 9.96. The van der Waals surface area contributed by atoms with Gasteiger partial charge in [0.15, 0.2) is 0 Å². The second-order valence-corrected chi connectivity index (χ2v) is 13.9. The van der Waals surface area contributed by atoms with Crippen LogP contribution in [0.25, 0.3) is 12.2 Å². The van der Waals surface area contributed by atoms with Gasteiger partial charge in [-0.1, -0.05) is 110 Å². The first-order valence-corrected chi connectivity index (χ1v) is 18.1. The van der Waals surface area contributed by atoms with E-state index in [1.807, 2.05) is 12.2 Å². The summed E-state index contributed by atoms with van der Waals surface area (Å²) in [5.74, 6) is 1.89. The Hall–Kier alpha value is -4.17. The quantitative estimate of drug-likeness (QED) is 0.0535. The number of hydrogen-bond acceptors (Lipinski definition) is 4. The number of halogens is 1. The van der Waals surface area contributed by atoms with Gasteiger partial charge in [-0.05, 0) is 124 Å². The summed E-state index contributed by atoms with van der Waals surface area (Å²) in [5.41, 5.74) is 12.6. The van der Waals surface area contributed by atoms with Crippen molar-refractivity contribution < 1.29 is 18.9 Å². The van der Waals surface area contributed by atoms with Crippen LogP contribution in [0.15, 0.2) is 110 Å². The number of ether oxygens (including phenoxy) is 4. The maximum Gasteiger partial charge on any atom is 0.125 e. The highest BCUT2D eigenvalue weighted by molar-refractivity contribution is 14.1. The number of hydrogen-bond donors (Lipinski definition) is 0. The highest BCUT2D eigenvalue weighted by Gasteiger charge is 2.21. The van der Waals surface area contributed by atoms with E-state index in [9.17, 15) is 0 Å². The summed E-state index contributed by atoms with van der Waals surface area (Å²) in [4.78, 5) is 0. The van der Waals surface area contributed by atoms with E-state index in [0.29, 0.717) is 39.6 Å². The second-order valence-electron chi connectivity index (χ2n) is 12.6. The molecule has 5 aromatic carbocycles. The zero-order valence-corrected chi connectivity index (χ0v) is 31.8. The van der Waals surface area contributed by atoms with E-state index in [-0.39, 0.29) is 5.92 Å². The molecule has 258 valence electrons. The van der Waals surface area contributed by atoms with Crippen LogP contribution in [-0.4, -0.2) is 26.4 Å². The minimum absolute atomic E-state index is 0.0523. The van der Waals surface area contributed by atoms with E-state index in [0.717, 1.165) is 56.0 Å². The van der Waals surface area contributed by atoms with Gasteiger partial charge in [0.05, 0.1) is 26.4 Å². The fourth-order valence-electron chi connectivity index (χ4n) is 6.27. The fraction of sp³-hybridized carbons (Fsp3) is 0.244. The van der Waals surface area contributed by atoms with E-state index in [4.69, 9.17) is 18.9 Å². The van der Waals surface area contributed by atoms with Crippen molar-refractivity contribution in [2.45, 2.75) is 46.8 Å². The molecule has 0 aliphatic carbocycles. The summed E-state index contributed by atoms with van der Waals surface area (Å²) in [6.45, 7) is 19.3. The summed E-state index contributed by atoms with van der Waals surface area (Å²) in [6, 6.07) is 34.4. The lowest BCUT2D eigenvalue weighted by atomic mass is 9.82. The van der Waals surface area contributed by atoms with Crippen molar-refractivity contribution in [2.75, 3.05) is 26.4 Å². The molecular formula is C45H47IO4. The van der Waals surface area contributed by atoms with Crippen molar-refractivity contribution in [3.05, 3.63) is 175 Å². The SMILES string of the molecule is C=Cc1ccc(COCCOc2c(C)cc(C(c3ccc(I)cc3)c3cc(C)c(OCCOCc4ccc(C=C)cc4)c(C)c3)cc2C)cc1. The summed E-state index contributed by atoms with van der Waals surface area (Å²) < 4.78 is 25.6. The van der Waals surface area contributed by atoms with Crippen molar-refractivity contribution in [2.24, 2.45) is 0 Å². The monoisotopic (exact) mass is 778 g/mol. The van der Waals surface area contributed by atoms with Crippen LogP contribution in [0.3, 0.4) is 0 Å². The molecule has 0 aliphatic heterocycles. The summed E-state index contributed by atoms with van der Waals surface area (Å²) in [5, 5.41) is 0. The van der Waals surface area contributed by atoms with E-state index < -0.39 is 0 Å². The molecule has 0 bridgehead atoms. The van der Waals surface area contributed by atoms with Gasteiger partial charge in [0.25, 0.3) is 0 Å². The molecule has 4 nitrogen and oxygen atoms in total. The van der Waals surface area contributed by atoms with Gasteiger partial charge in [0.1, 0.15) is 24.7 Å². The Morgan fingerprint density at radius 2 is 0.900 bits per heavy atom. The van der Waals surface area contributed by atoms with Gasteiger partial charge < -0.3 is 18.9 Å². The molecule has 0 radical (unpaired) electrons. The number of benzene rings is 5. The second kappa shape index (κ2) is 18.2. The lowest BCUT2D eigenvalue weighted by Gasteiger charge is -2.24. The smallest absolute Gasteiger partial charge is 0.125 e. The van der Waals surface area contributed by atoms with Crippen LogP contribution < -0.4 is 9.47 Å². The standard InChI is InChI=1S/C45H47IO4/c1-7-35-9-13-37(14-10-35)29-47-21-23-49-44-31(3)25-40(26-32(44)4)43(39-17-19-42(46)20-18-39)41-27-33(5)45(34(6)28-41)50-24-22-48-30-38-15-11-36(8-2)12-16-38/h7-20,25-28,43H,1-2,21-24,29-30H2,3-6H3. The predicted octanol–water partition coefficient (Wildman–Crippen LogP) is 11.2. The van der Waals surface area contributed by atoms with Crippen LogP contribution in [0.2, 0.25) is 0 Å². The first kappa shape index (κ1) is 37.1. The topological polar surface area (TPSA) is 36.9 Å². The highest BCUT2D eigenvalue weighted by atomic mass is 127. The Kier molecular flexibility index (Phi) is 13.5. The molecule has 0 atom stereocenters. The molecule has 0 amide bonds. The highest BCUT2D eigenvalue weighted by Crippen LogP contribution is 2.39. The maximum absolute atomic E-state index is 6.28. The van der Waals surface area contributed by atoms with E-state index >= 15 is 0 Å². The lowest BCUT2D eigenvalue weighted by molar-refractivity contribution is 0.0885. The van der Waals surface area contributed by atoms with E-state index in [1.54, 1.807) is 0 Å². The van der Waals surface area contributed by atoms with Crippen molar-refractivity contribution in [1.82, 2.24) is 0 Å². The third-order valence-corrected chi connectivity index (χ3v) is 9.47. The van der Waals surface area contributed by atoms with Crippen LogP contribution in [0.1, 0.15) is 67.1 Å². The molecule has 0 heterocycles. The van der Waals surface area contributed by atoms with Crippen LogP contribution in [-0.2, 0) is 22.7 Å². The first-order chi connectivity index (χ1) is 24.2. The minimum Gasteiger partial charge on any atom is -0.491 e. The van der Waals surface area contributed by atoms with Crippen molar-refractivity contribution in [3.63, 3.8) is 0 Å². The van der Waals surface area contributed by atoms with Gasteiger partial charge in [-0.25, -0.2) is 0 Å². The Morgan fingerprint density at radius 3 is 1.26 bits per heavy atom. The lowest BCUT2D eigenvalue weighted by Crippen LogP contribution is -2.11. The van der Waals surface area contributed by atoms with Crippen molar-refractivity contribution in [3.8, 4) is 11.5 Å². The third-order valence-electron chi connectivity index (χ3n) is 8.75. The average molecular weight is 779 g/mol. The zero-order chi connectivity index (χ0) is 35.5. The molecule has 5 aromatic rings. The molecule has 0 aliphatic rings. The molecule has 0 aromatic heterocycles. The number of rotatable bonds is 17. The number of aryl methyl sites for hydroxylation is 4. The largest absolute Gasteiger partial charge is 0.491 e. The van der Waals surface area contributed by atoms with Crippen LogP contribution in [0, 0.1) is 31.3 Å². The minimum atomic E-state index is 0.0523. The van der Waals surface area contributed by atoms with Gasteiger partial charge in [0.2, 0.25) is 0 Å². The first-order valence-electron chi connectivity index (χ1n) is 17.1. The molecule has 0 N–H and O–H groups in total. The Morgan fingerprint density at radius 1 is 0.520 bits per heavy atom. The van der Waals surface area contributed by atoms with E-state index in [2.05, 4.69) is 161 Å². The Labute approximate surface area is 311 Å². The molecule has 0 fully saturated rings. The Balaban J connectivity index is 1.26. The van der Waals surface area contributed by atoms with Crippen molar-refractivity contribution >= 4 is 34.7 Å². The molecule has 0 spiro atoms. The van der Waals surface area contributed by atoms with Crippen LogP contribution in [0.5, 0.6) is 11.5 Å². The zero-order valence-electron chi connectivity index (χ0n) is 29.6.